The van der Waals surface area contributed by atoms with E-state index in [0.29, 0.717) is 31.1 Å². The number of urea groups is 1. The molecule has 0 aliphatic carbocycles. The van der Waals surface area contributed by atoms with Crippen molar-refractivity contribution in [2.45, 2.75) is 50.7 Å². The third-order valence-corrected chi connectivity index (χ3v) is 6.68. The maximum absolute atomic E-state index is 13.9. The van der Waals surface area contributed by atoms with Crippen LogP contribution in [-0.2, 0) is 9.47 Å². The highest BCUT2D eigenvalue weighted by atomic mass is 19.1. The molecule has 1 aromatic rings. The van der Waals surface area contributed by atoms with Gasteiger partial charge in [0.2, 0.25) is 0 Å². The number of ether oxygens (including phenoxy) is 2. The average molecular weight is 495 g/mol. The number of carbonyl (C=O) groups excluding carboxylic acids is 1. The number of carboxylic acid groups (broad SMARTS) is 1. The van der Waals surface area contributed by atoms with Crippen LogP contribution in [0, 0.1) is 17.7 Å². The zero-order chi connectivity index (χ0) is 25.0. The van der Waals surface area contributed by atoms with Crippen molar-refractivity contribution in [1.82, 2.24) is 15.5 Å². The van der Waals surface area contributed by atoms with E-state index in [4.69, 9.17) is 20.3 Å². The fourth-order valence-corrected chi connectivity index (χ4v) is 4.97. The van der Waals surface area contributed by atoms with E-state index in [1.54, 1.807) is 17.0 Å². The van der Waals surface area contributed by atoms with Gasteiger partial charge in [-0.1, -0.05) is 18.6 Å². The zero-order valence-electron chi connectivity index (χ0n) is 20.3. The van der Waals surface area contributed by atoms with Crippen LogP contribution < -0.4 is 16.4 Å². The summed E-state index contributed by atoms with van der Waals surface area (Å²) in [6, 6.07) is 5.95. The normalized spacial score (nSPS) is 22.6. The van der Waals surface area contributed by atoms with Crippen molar-refractivity contribution in [1.29, 1.82) is 0 Å². The number of hydrogen-bond acceptors (Lipinski definition) is 5. The topological polar surface area (TPSA) is 126 Å². The Morgan fingerprint density at radius 3 is 2.91 bits per heavy atom. The fourth-order valence-electron chi connectivity index (χ4n) is 4.97. The van der Waals surface area contributed by atoms with Crippen LogP contribution in [0.3, 0.4) is 0 Å². The second-order valence-electron chi connectivity index (χ2n) is 9.55. The van der Waals surface area contributed by atoms with Gasteiger partial charge in [-0.15, -0.1) is 0 Å². The van der Waals surface area contributed by atoms with E-state index < -0.39 is 12.2 Å². The summed E-state index contributed by atoms with van der Waals surface area (Å²) in [5.74, 6) is 0.0275. The van der Waals surface area contributed by atoms with Gasteiger partial charge in [-0.3, -0.25) is 0 Å². The number of piperidine rings is 1. The lowest BCUT2D eigenvalue weighted by Crippen LogP contribution is -2.49. The number of likely N-dealkylation sites (tertiary alicyclic amines) is 1. The third kappa shape index (κ3) is 9.27. The van der Waals surface area contributed by atoms with E-state index in [0.717, 1.165) is 51.7 Å². The molecule has 2 aliphatic rings. The summed E-state index contributed by atoms with van der Waals surface area (Å²) >= 11 is 0. The Morgan fingerprint density at radius 2 is 2.11 bits per heavy atom. The second-order valence-corrected chi connectivity index (χ2v) is 9.55. The first-order valence-electron chi connectivity index (χ1n) is 12.6. The number of halogens is 1. The van der Waals surface area contributed by atoms with Gasteiger partial charge < -0.3 is 35.8 Å². The molecule has 196 valence electrons. The summed E-state index contributed by atoms with van der Waals surface area (Å²) in [4.78, 5) is 25.4. The SMILES string of the molecule is N[C@H](CNC(=O)N1CCC[C@@H]([C@@H](OCCNC(=O)O)c2cccc(F)c2)C1)C[C@H]1CCCCOC1. The Morgan fingerprint density at radius 1 is 1.26 bits per heavy atom. The summed E-state index contributed by atoms with van der Waals surface area (Å²) in [5.41, 5.74) is 6.98. The molecule has 0 bridgehead atoms. The molecule has 5 N–H and O–H groups in total. The summed E-state index contributed by atoms with van der Waals surface area (Å²) in [7, 11) is 0. The van der Waals surface area contributed by atoms with Crippen LogP contribution in [-0.4, -0.2) is 74.2 Å². The molecule has 9 nitrogen and oxygen atoms in total. The molecule has 0 saturated carbocycles. The Balaban J connectivity index is 1.53. The van der Waals surface area contributed by atoms with Crippen molar-refractivity contribution >= 4 is 12.1 Å². The molecule has 0 radical (unpaired) electrons. The molecule has 4 atom stereocenters. The van der Waals surface area contributed by atoms with Crippen molar-refractivity contribution in [2.24, 2.45) is 17.6 Å². The van der Waals surface area contributed by atoms with Crippen LogP contribution in [0.15, 0.2) is 24.3 Å². The molecule has 2 saturated heterocycles. The highest BCUT2D eigenvalue weighted by molar-refractivity contribution is 5.74. The Hall–Kier alpha value is -2.43. The monoisotopic (exact) mass is 494 g/mol. The Kier molecular flexibility index (Phi) is 11.0. The van der Waals surface area contributed by atoms with Crippen molar-refractivity contribution in [2.75, 3.05) is 46.0 Å². The summed E-state index contributed by atoms with van der Waals surface area (Å²) < 4.78 is 25.6. The molecule has 0 aromatic heterocycles. The first-order chi connectivity index (χ1) is 16.9. The van der Waals surface area contributed by atoms with E-state index in [9.17, 15) is 14.0 Å². The number of hydrogen-bond donors (Lipinski definition) is 4. The number of nitrogens with one attached hydrogen (secondary N) is 2. The van der Waals surface area contributed by atoms with E-state index >= 15 is 0 Å². The minimum absolute atomic E-state index is 0.0436. The predicted octanol–water partition coefficient (Wildman–Crippen LogP) is 3.11. The highest BCUT2D eigenvalue weighted by Gasteiger charge is 2.31. The molecule has 1 aromatic carbocycles. The molecule has 10 heteroatoms. The molecule has 3 amide bonds. The number of benzene rings is 1. The largest absolute Gasteiger partial charge is 0.465 e. The zero-order valence-corrected chi connectivity index (χ0v) is 20.3. The third-order valence-electron chi connectivity index (χ3n) is 6.68. The molecule has 0 unspecified atom stereocenters. The second kappa shape index (κ2) is 14.2. The van der Waals surface area contributed by atoms with Gasteiger partial charge in [0.15, 0.2) is 0 Å². The van der Waals surface area contributed by atoms with Crippen LogP contribution >= 0.6 is 0 Å². The van der Waals surface area contributed by atoms with Crippen LogP contribution in [0.4, 0.5) is 14.0 Å². The van der Waals surface area contributed by atoms with E-state index in [-0.39, 0.29) is 37.0 Å². The van der Waals surface area contributed by atoms with Gasteiger partial charge in [-0.25, -0.2) is 14.0 Å². The number of amides is 3. The van der Waals surface area contributed by atoms with Gasteiger partial charge in [0, 0.05) is 51.4 Å². The fraction of sp³-hybridized carbons (Fsp3) is 0.680. The van der Waals surface area contributed by atoms with Crippen LogP contribution in [0.5, 0.6) is 0 Å². The lowest BCUT2D eigenvalue weighted by molar-refractivity contribution is -0.00850. The van der Waals surface area contributed by atoms with Gasteiger partial charge in [0.25, 0.3) is 0 Å². The average Bonchev–Trinajstić information content (AvgIpc) is 3.11. The van der Waals surface area contributed by atoms with Crippen molar-refractivity contribution in [3.63, 3.8) is 0 Å². The minimum Gasteiger partial charge on any atom is -0.465 e. The smallest absolute Gasteiger partial charge is 0.404 e. The summed E-state index contributed by atoms with van der Waals surface area (Å²) in [6.45, 7) is 3.32. The lowest BCUT2D eigenvalue weighted by atomic mass is 9.88. The summed E-state index contributed by atoms with van der Waals surface area (Å²) in [5, 5.41) is 14.0. The van der Waals surface area contributed by atoms with Gasteiger partial charge in [-0.05, 0) is 55.7 Å². The molecule has 2 aliphatic heterocycles. The number of nitrogens with two attached hydrogens (primary N) is 1. The first-order valence-corrected chi connectivity index (χ1v) is 12.6. The molecule has 2 heterocycles. The molecule has 35 heavy (non-hydrogen) atoms. The highest BCUT2D eigenvalue weighted by Crippen LogP contribution is 2.33. The molecule has 3 rings (SSSR count). The molecular weight excluding hydrogens is 455 g/mol. The van der Waals surface area contributed by atoms with E-state index in [1.165, 1.54) is 12.1 Å². The first kappa shape index (κ1) is 27.2. The quantitative estimate of drug-likeness (QED) is 0.370. The molecular formula is C25H39FN4O5. The van der Waals surface area contributed by atoms with Crippen LogP contribution in [0.1, 0.15) is 50.2 Å². The maximum atomic E-state index is 13.9. The van der Waals surface area contributed by atoms with E-state index in [2.05, 4.69) is 10.6 Å². The number of nitrogens with zero attached hydrogens (tertiary/aromatic N) is 1. The maximum Gasteiger partial charge on any atom is 0.404 e. The molecule has 0 spiro atoms. The van der Waals surface area contributed by atoms with Crippen LogP contribution in [0.2, 0.25) is 0 Å². The lowest BCUT2D eigenvalue weighted by Gasteiger charge is -2.37. The van der Waals surface area contributed by atoms with E-state index in [1.807, 2.05) is 0 Å². The van der Waals surface area contributed by atoms with Gasteiger partial charge in [0.1, 0.15) is 5.82 Å². The van der Waals surface area contributed by atoms with Crippen molar-refractivity contribution in [3.8, 4) is 0 Å². The van der Waals surface area contributed by atoms with Crippen molar-refractivity contribution in [3.05, 3.63) is 35.6 Å². The summed E-state index contributed by atoms with van der Waals surface area (Å²) in [6.07, 6.45) is 4.22. The number of carbonyl (C=O) groups is 2. The van der Waals surface area contributed by atoms with Crippen LogP contribution in [0.25, 0.3) is 0 Å². The Labute approximate surface area is 206 Å². The predicted molar refractivity (Wildman–Crippen MR) is 130 cm³/mol. The van der Waals surface area contributed by atoms with Gasteiger partial charge in [-0.2, -0.15) is 0 Å². The van der Waals surface area contributed by atoms with Crippen molar-refractivity contribution < 1.29 is 28.6 Å². The Bertz CT molecular complexity index is 806. The standard InChI is InChI=1S/C25H39FN4O5/c26-21-8-3-6-19(14-21)23(35-12-9-28-25(32)33)20-7-4-10-30(16-20)24(31)29-15-22(27)13-18-5-1-2-11-34-17-18/h3,6,8,14,18,20,22-23,28H,1-2,4-5,7,9-13,15-17,27H2,(H,29,31)(H,32,33)/t18-,20-,22+,23+/m1/s1. The minimum atomic E-state index is -1.12. The molecule has 2 fully saturated rings. The number of rotatable bonds is 10. The van der Waals surface area contributed by atoms with Gasteiger partial charge >= 0.3 is 12.1 Å². The van der Waals surface area contributed by atoms with Gasteiger partial charge in [0.05, 0.1) is 12.7 Å².